The molecule has 1 fully saturated rings. The van der Waals surface area contributed by atoms with Crippen LogP contribution in [-0.2, 0) is 0 Å². The van der Waals surface area contributed by atoms with Gasteiger partial charge < -0.3 is 10.4 Å². The zero-order valence-corrected chi connectivity index (χ0v) is 12.7. The van der Waals surface area contributed by atoms with Gasteiger partial charge >= 0.3 is 0 Å². The number of quaternary nitrogens is 1. The summed E-state index contributed by atoms with van der Waals surface area (Å²) < 4.78 is 0. The maximum atomic E-state index is 10.7. The van der Waals surface area contributed by atoms with Gasteiger partial charge in [0.05, 0.1) is 6.10 Å². The second-order valence-corrected chi connectivity index (χ2v) is 6.27. The topological polar surface area (TPSA) is 36.8 Å². The molecule has 1 aliphatic heterocycles. The van der Waals surface area contributed by atoms with E-state index in [1.54, 1.807) is 0 Å². The minimum absolute atomic E-state index is 0.252. The van der Waals surface area contributed by atoms with E-state index in [0.717, 1.165) is 0 Å². The fourth-order valence-electron chi connectivity index (χ4n) is 3.66. The van der Waals surface area contributed by atoms with Gasteiger partial charge in [0.25, 0.3) is 0 Å². The van der Waals surface area contributed by atoms with Crippen LogP contribution >= 0.6 is 0 Å². The molecule has 1 saturated heterocycles. The fourth-order valence-corrected chi connectivity index (χ4v) is 3.66. The summed E-state index contributed by atoms with van der Waals surface area (Å²) in [6.07, 6.45) is -0.273. The van der Waals surface area contributed by atoms with Crippen molar-refractivity contribution >= 4 is 0 Å². The van der Waals surface area contributed by atoms with Gasteiger partial charge in [-0.05, 0) is 0 Å². The number of hydrogen-bond donors (Lipinski definition) is 2. The van der Waals surface area contributed by atoms with Gasteiger partial charge in [-0.15, -0.1) is 0 Å². The van der Waals surface area contributed by atoms with Crippen LogP contribution in [0.3, 0.4) is 0 Å². The number of aliphatic hydroxyl groups excluding tert-OH is 1. The van der Waals surface area contributed by atoms with Crippen molar-refractivity contribution in [1.29, 1.82) is 0 Å². The van der Waals surface area contributed by atoms with Crippen molar-refractivity contribution in [2.45, 2.75) is 32.0 Å². The molecule has 0 bridgehead atoms. The summed E-state index contributed by atoms with van der Waals surface area (Å²) in [6, 6.07) is 21.7. The van der Waals surface area contributed by atoms with Gasteiger partial charge in [0.1, 0.15) is 12.1 Å². The highest BCUT2D eigenvalue weighted by Crippen LogP contribution is 2.35. The maximum absolute atomic E-state index is 10.7. The van der Waals surface area contributed by atoms with Crippen molar-refractivity contribution in [2.24, 2.45) is 11.8 Å². The van der Waals surface area contributed by atoms with Crippen molar-refractivity contribution in [2.75, 3.05) is 0 Å². The van der Waals surface area contributed by atoms with E-state index in [2.05, 4.69) is 67.7 Å². The number of benzene rings is 2. The van der Waals surface area contributed by atoms with Crippen molar-refractivity contribution in [3.63, 3.8) is 0 Å². The van der Waals surface area contributed by atoms with Gasteiger partial charge in [0.15, 0.2) is 0 Å². The summed E-state index contributed by atoms with van der Waals surface area (Å²) in [7, 11) is 0. The molecule has 3 rings (SSSR count). The SMILES string of the molecule is C[C@@H]1C(O)[C@H](C)[C@H](c2ccccc2)[NH2+][C@@H]1c1ccccc1. The van der Waals surface area contributed by atoms with Crippen molar-refractivity contribution in [3.8, 4) is 0 Å². The average Bonchev–Trinajstić information content (AvgIpc) is 2.55. The number of nitrogens with two attached hydrogens (primary N) is 1. The average molecular weight is 282 g/mol. The van der Waals surface area contributed by atoms with Crippen molar-refractivity contribution in [3.05, 3.63) is 71.8 Å². The van der Waals surface area contributed by atoms with Crippen molar-refractivity contribution in [1.82, 2.24) is 0 Å². The molecule has 0 saturated carbocycles. The molecule has 1 heterocycles. The highest BCUT2D eigenvalue weighted by Gasteiger charge is 2.43. The van der Waals surface area contributed by atoms with E-state index in [9.17, 15) is 5.11 Å². The smallest absolute Gasteiger partial charge is 0.117 e. The third-order valence-corrected chi connectivity index (χ3v) is 4.99. The largest absolute Gasteiger partial charge is 0.392 e. The molecule has 0 radical (unpaired) electrons. The molecular formula is C19H24NO+. The van der Waals surface area contributed by atoms with E-state index in [1.807, 2.05) is 12.1 Å². The molecule has 2 aromatic rings. The summed E-state index contributed by atoms with van der Waals surface area (Å²) >= 11 is 0. The lowest BCUT2D eigenvalue weighted by Crippen LogP contribution is -2.92. The van der Waals surface area contributed by atoms with Gasteiger partial charge in [-0.25, -0.2) is 0 Å². The fraction of sp³-hybridized carbons (Fsp3) is 0.368. The van der Waals surface area contributed by atoms with Gasteiger partial charge in [-0.1, -0.05) is 74.5 Å². The lowest BCUT2D eigenvalue weighted by Gasteiger charge is -2.41. The van der Waals surface area contributed by atoms with E-state index in [0.29, 0.717) is 12.1 Å². The molecule has 1 unspecified atom stereocenters. The van der Waals surface area contributed by atoms with Gasteiger partial charge in [-0.2, -0.15) is 0 Å². The van der Waals surface area contributed by atoms with Crippen LogP contribution in [0.1, 0.15) is 37.1 Å². The Morgan fingerprint density at radius 2 is 1.10 bits per heavy atom. The van der Waals surface area contributed by atoms with Crippen LogP contribution in [0.4, 0.5) is 0 Å². The minimum atomic E-state index is -0.273. The molecule has 2 heteroatoms. The van der Waals surface area contributed by atoms with Crippen LogP contribution in [0.2, 0.25) is 0 Å². The van der Waals surface area contributed by atoms with Crippen LogP contribution < -0.4 is 5.32 Å². The molecule has 110 valence electrons. The maximum Gasteiger partial charge on any atom is 0.117 e. The zero-order valence-electron chi connectivity index (χ0n) is 12.7. The Hall–Kier alpha value is -1.64. The van der Waals surface area contributed by atoms with Crippen LogP contribution in [0.25, 0.3) is 0 Å². The van der Waals surface area contributed by atoms with Gasteiger partial charge in [0.2, 0.25) is 0 Å². The first-order valence-corrected chi connectivity index (χ1v) is 7.81. The minimum Gasteiger partial charge on any atom is -0.392 e. The number of hydrogen-bond acceptors (Lipinski definition) is 1. The lowest BCUT2D eigenvalue weighted by molar-refractivity contribution is -0.760. The van der Waals surface area contributed by atoms with Crippen molar-refractivity contribution < 1.29 is 10.4 Å². The highest BCUT2D eigenvalue weighted by atomic mass is 16.3. The summed E-state index contributed by atoms with van der Waals surface area (Å²) in [6.45, 7) is 4.33. The number of rotatable bonds is 2. The molecule has 3 N–H and O–H groups in total. The lowest BCUT2D eigenvalue weighted by atomic mass is 9.75. The Bertz CT molecular complexity index is 517. The Kier molecular flexibility index (Phi) is 4.09. The summed E-state index contributed by atoms with van der Waals surface area (Å²) in [5.41, 5.74) is 2.61. The summed E-state index contributed by atoms with van der Waals surface area (Å²) in [5, 5.41) is 13.1. The molecule has 21 heavy (non-hydrogen) atoms. The zero-order chi connectivity index (χ0) is 14.8. The number of piperidine rings is 1. The molecule has 0 aliphatic carbocycles. The summed E-state index contributed by atoms with van der Waals surface area (Å²) in [5.74, 6) is 0.504. The van der Waals surface area contributed by atoms with E-state index in [1.165, 1.54) is 11.1 Å². The van der Waals surface area contributed by atoms with Crippen LogP contribution in [0.15, 0.2) is 60.7 Å². The molecule has 2 nitrogen and oxygen atoms in total. The van der Waals surface area contributed by atoms with Gasteiger partial charge in [-0.3, -0.25) is 0 Å². The van der Waals surface area contributed by atoms with E-state index in [4.69, 9.17) is 0 Å². The number of aliphatic hydroxyl groups is 1. The van der Waals surface area contributed by atoms with E-state index < -0.39 is 0 Å². The van der Waals surface area contributed by atoms with E-state index >= 15 is 0 Å². The normalized spacial score (nSPS) is 32.8. The molecule has 5 atom stereocenters. The second-order valence-electron chi connectivity index (χ2n) is 6.27. The quantitative estimate of drug-likeness (QED) is 0.873. The van der Waals surface area contributed by atoms with Gasteiger partial charge in [0, 0.05) is 23.0 Å². The third-order valence-electron chi connectivity index (χ3n) is 4.99. The Balaban J connectivity index is 1.93. The third kappa shape index (κ3) is 2.74. The first-order valence-electron chi connectivity index (χ1n) is 7.81. The predicted octanol–water partition coefficient (Wildman–Crippen LogP) is 2.68. The molecule has 1 aliphatic rings. The Morgan fingerprint density at radius 1 is 0.714 bits per heavy atom. The molecule has 0 spiro atoms. The Morgan fingerprint density at radius 3 is 1.48 bits per heavy atom. The molecule has 0 aromatic heterocycles. The molecule has 0 amide bonds. The first-order chi connectivity index (χ1) is 10.2. The molecule has 2 aromatic carbocycles. The van der Waals surface area contributed by atoms with Crippen LogP contribution in [0, 0.1) is 11.8 Å². The Labute approximate surface area is 126 Å². The standard InChI is InChI=1S/C19H23NO/c1-13-17(15-9-5-3-6-10-15)20-18(14(2)19(13)21)16-11-7-4-8-12-16/h3-14,17-21H,1-2H3/p+1/t13-,14+,17-,18+,19?. The summed E-state index contributed by atoms with van der Waals surface area (Å²) in [4.78, 5) is 0. The first kappa shape index (κ1) is 14.3. The molecular weight excluding hydrogens is 258 g/mol. The second kappa shape index (κ2) is 6.00. The van der Waals surface area contributed by atoms with E-state index in [-0.39, 0.29) is 17.9 Å². The van der Waals surface area contributed by atoms with Crippen LogP contribution in [-0.4, -0.2) is 11.2 Å². The van der Waals surface area contributed by atoms with Crippen LogP contribution in [0.5, 0.6) is 0 Å². The predicted molar refractivity (Wildman–Crippen MR) is 84.6 cm³/mol. The highest BCUT2D eigenvalue weighted by molar-refractivity contribution is 5.22. The monoisotopic (exact) mass is 282 g/mol.